The second kappa shape index (κ2) is 9.11. The summed E-state index contributed by atoms with van der Waals surface area (Å²) < 4.78 is 13.2. The fourth-order valence-corrected chi connectivity index (χ4v) is 1.89. The van der Waals surface area contributed by atoms with Crippen molar-refractivity contribution in [1.82, 2.24) is 4.90 Å². The first-order valence-electron chi connectivity index (χ1n) is 6.85. The highest BCUT2D eigenvalue weighted by atomic mass is 19.1. The van der Waals surface area contributed by atoms with Gasteiger partial charge in [0.25, 0.3) is 5.91 Å². The number of benzene rings is 1. The Balaban J connectivity index is 2.81. The van der Waals surface area contributed by atoms with Crippen molar-refractivity contribution in [2.45, 2.75) is 19.3 Å². The molecule has 0 bridgehead atoms. The molecule has 1 amide bonds. The minimum atomic E-state index is -0.473. The van der Waals surface area contributed by atoms with Gasteiger partial charge in [0.2, 0.25) is 0 Å². The Labute approximate surface area is 124 Å². The number of nitrogens with zero attached hydrogens (tertiary/aromatic N) is 1. The van der Waals surface area contributed by atoms with Gasteiger partial charge in [-0.2, -0.15) is 0 Å². The molecular formula is C16H20FNO3. The monoisotopic (exact) mass is 293 g/mol. The Morgan fingerprint density at radius 2 is 2.05 bits per heavy atom. The highest BCUT2D eigenvalue weighted by Gasteiger charge is 2.15. The van der Waals surface area contributed by atoms with Crippen LogP contribution >= 0.6 is 0 Å². The van der Waals surface area contributed by atoms with Crippen molar-refractivity contribution in [3.05, 3.63) is 35.1 Å². The third-order valence-electron chi connectivity index (χ3n) is 3.01. The van der Waals surface area contributed by atoms with E-state index in [1.807, 2.05) is 0 Å². The van der Waals surface area contributed by atoms with E-state index in [9.17, 15) is 9.18 Å². The van der Waals surface area contributed by atoms with Crippen LogP contribution < -0.4 is 0 Å². The second-order valence-corrected chi connectivity index (χ2v) is 4.66. The minimum absolute atomic E-state index is 0.149. The summed E-state index contributed by atoms with van der Waals surface area (Å²) in [7, 11) is 1.67. The van der Waals surface area contributed by atoms with E-state index < -0.39 is 5.82 Å². The fourth-order valence-electron chi connectivity index (χ4n) is 1.89. The van der Waals surface area contributed by atoms with E-state index in [2.05, 4.69) is 11.8 Å². The smallest absolute Gasteiger partial charge is 0.254 e. The topological polar surface area (TPSA) is 60.8 Å². The molecule has 2 N–H and O–H groups in total. The van der Waals surface area contributed by atoms with Crippen LogP contribution in [0.25, 0.3) is 0 Å². The van der Waals surface area contributed by atoms with Gasteiger partial charge in [0, 0.05) is 25.8 Å². The van der Waals surface area contributed by atoms with Crippen LogP contribution in [0.4, 0.5) is 4.39 Å². The lowest BCUT2D eigenvalue weighted by Gasteiger charge is -2.18. The lowest BCUT2D eigenvalue weighted by Crippen LogP contribution is -2.28. The Morgan fingerprint density at radius 3 is 2.71 bits per heavy atom. The molecule has 5 heteroatoms. The molecule has 0 saturated heterocycles. The molecule has 0 aliphatic heterocycles. The largest absolute Gasteiger partial charge is 0.396 e. The van der Waals surface area contributed by atoms with Gasteiger partial charge in [0.15, 0.2) is 0 Å². The Morgan fingerprint density at radius 1 is 1.29 bits per heavy atom. The molecule has 0 aromatic heterocycles. The zero-order valence-corrected chi connectivity index (χ0v) is 12.1. The van der Waals surface area contributed by atoms with E-state index in [4.69, 9.17) is 10.2 Å². The maximum absolute atomic E-state index is 13.2. The highest BCUT2D eigenvalue weighted by molar-refractivity contribution is 5.96. The number of carbonyl (C=O) groups excluding carboxylic acids is 1. The van der Waals surface area contributed by atoms with Crippen molar-refractivity contribution in [1.29, 1.82) is 0 Å². The number of carbonyl (C=O) groups is 1. The normalized spacial score (nSPS) is 9.90. The lowest BCUT2D eigenvalue weighted by atomic mass is 10.1. The molecule has 0 spiro atoms. The summed E-state index contributed by atoms with van der Waals surface area (Å²) in [5.41, 5.74) is 0.596. The maximum atomic E-state index is 13.2. The van der Waals surface area contributed by atoms with Crippen molar-refractivity contribution >= 4 is 5.91 Å². The molecule has 0 fully saturated rings. The van der Waals surface area contributed by atoms with Gasteiger partial charge in [-0.15, -0.1) is 0 Å². The zero-order valence-electron chi connectivity index (χ0n) is 12.1. The van der Waals surface area contributed by atoms with Crippen LogP contribution in [0.15, 0.2) is 18.2 Å². The van der Waals surface area contributed by atoms with Crippen LogP contribution in [0.2, 0.25) is 0 Å². The summed E-state index contributed by atoms with van der Waals surface area (Å²) in [6.07, 6.45) is 2.35. The number of aliphatic hydroxyl groups is 2. The first kappa shape index (κ1) is 17.2. The van der Waals surface area contributed by atoms with E-state index in [1.165, 1.54) is 18.2 Å². The van der Waals surface area contributed by atoms with Crippen molar-refractivity contribution in [3.63, 3.8) is 0 Å². The van der Waals surface area contributed by atoms with Gasteiger partial charge in [0.05, 0.1) is 5.56 Å². The summed E-state index contributed by atoms with van der Waals surface area (Å²) in [6.45, 7) is 0.362. The van der Waals surface area contributed by atoms with Crippen molar-refractivity contribution in [2.75, 3.05) is 26.8 Å². The van der Waals surface area contributed by atoms with Gasteiger partial charge in [-0.3, -0.25) is 4.79 Å². The average Bonchev–Trinajstić information content (AvgIpc) is 2.48. The van der Waals surface area contributed by atoms with E-state index in [0.717, 1.165) is 12.8 Å². The summed E-state index contributed by atoms with van der Waals surface area (Å²) in [5.74, 6) is 4.31. The zero-order chi connectivity index (χ0) is 15.7. The quantitative estimate of drug-likeness (QED) is 0.616. The molecule has 0 aliphatic rings. The maximum Gasteiger partial charge on any atom is 0.254 e. The first-order valence-corrected chi connectivity index (χ1v) is 6.85. The molecular weight excluding hydrogens is 273 g/mol. The van der Waals surface area contributed by atoms with Crippen LogP contribution in [0.5, 0.6) is 0 Å². The number of hydrogen-bond acceptors (Lipinski definition) is 3. The summed E-state index contributed by atoms with van der Waals surface area (Å²) in [4.78, 5) is 13.9. The van der Waals surface area contributed by atoms with Gasteiger partial charge < -0.3 is 15.1 Å². The SMILES string of the molecule is CN(CCCCCO)C(=O)c1ccc(F)cc1C#CCO. The Kier molecular flexibility index (Phi) is 7.44. The van der Waals surface area contributed by atoms with Gasteiger partial charge in [0.1, 0.15) is 12.4 Å². The van der Waals surface area contributed by atoms with E-state index in [-0.39, 0.29) is 24.7 Å². The predicted molar refractivity (Wildman–Crippen MR) is 78.3 cm³/mol. The molecule has 1 aromatic carbocycles. The lowest BCUT2D eigenvalue weighted by molar-refractivity contribution is 0.0792. The van der Waals surface area contributed by atoms with Gasteiger partial charge in [-0.05, 0) is 37.5 Å². The second-order valence-electron chi connectivity index (χ2n) is 4.66. The van der Waals surface area contributed by atoms with Crippen LogP contribution in [0.3, 0.4) is 0 Å². The molecule has 0 heterocycles. The Bertz CT molecular complexity index is 534. The number of aliphatic hydroxyl groups excluding tert-OH is 2. The predicted octanol–water partition coefficient (Wildman–Crippen LogP) is 1.40. The van der Waals surface area contributed by atoms with E-state index >= 15 is 0 Å². The van der Waals surface area contributed by atoms with Crippen molar-refractivity contribution in [3.8, 4) is 11.8 Å². The summed E-state index contributed by atoms with van der Waals surface area (Å²) >= 11 is 0. The van der Waals surface area contributed by atoms with Gasteiger partial charge >= 0.3 is 0 Å². The van der Waals surface area contributed by atoms with Crippen LogP contribution in [-0.2, 0) is 0 Å². The molecule has 0 radical (unpaired) electrons. The number of halogens is 1. The molecule has 1 rings (SSSR count). The van der Waals surface area contributed by atoms with Crippen LogP contribution in [0.1, 0.15) is 35.2 Å². The molecule has 0 saturated carbocycles. The van der Waals surface area contributed by atoms with Gasteiger partial charge in [-0.25, -0.2) is 4.39 Å². The number of hydrogen-bond donors (Lipinski definition) is 2. The molecule has 1 aromatic rings. The van der Waals surface area contributed by atoms with Crippen LogP contribution in [0, 0.1) is 17.7 Å². The van der Waals surface area contributed by atoms with Gasteiger partial charge in [-0.1, -0.05) is 11.8 Å². The molecule has 21 heavy (non-hydrogen) atoms. The molecule has 114 valence electrons. The third-order valence-corrected chi connectivity index (χ3v) is 3.01. The Hall–Kier alpha value is -1.90. The number of amides is 1. The molecule has 0 atom stereocenters. The minimum Gasteiger partial charge on any atom is -0.396 e. The first-order chi connectivity index (χ1) is 10.1. The molecule has 4 nitrogen and oxygen atoms in total. The molecule has 0 aliphatic carbocycles. The average molecular weight is 293 g/mol. The summed E-state index contributed by atoms with van der Waals surface area (Å²) in [6, 6.07) is 3.82. The van der Waals surface area contributed by atoms with Crippen molar-refractivity contribution < 1.29 is 19.4 Å². The fraction of sp³-hybridized carbons (Fsp3) is 0.438. The van der Waals surface area contributed by atoms with E-state index in [1.54, 1.807) is 11.9 Å². The number of unbranched alkanes of at least 4 members (excludes halogenated alkanes) is 2. The highest BCUT2D eigenvalue weighted by Crippen LogP contribution is 2.13. The summed E-state index contributed by atoms with van der Waals surface area (Å²) in [5, 5.41) is 17.4. The van der Waals surface area contributed by atoms with E-state index in [0.29, 0.717) is 18.5 Å². The molecule has 0 unspecified atom stereocenters. The van der Waals surface area contributed by atoms with Crippen molar-refractivity contribution in [2.24, 2.45) is 0 Å². The standard InChI is InChI=1S/C16H20FNO3/c1-18(9-3-2-4-10-19)16(21)15-8-7-14(17)12-13(15)6-5-11-20/h7-8,12,19-20H,2-4,9-11H2,1H3. The third kappa shape index (κ3) is 5.54. The number of rotatable bonds is 6. The van der Waals surface area contributed by atoms with Crippen LogP contribution in [-0.4, -0.2) is 47.8 Å².